The van der Waals surface area contributed by atoms with Crippen LogP contribution in [0, 0.1) is 34.0 Å². The van der Waals surface area contributed by atoms with Gasteiger partial charge in [-0.2, -0.15) is 44.8 Å². The Bertz CT molecular complexity index is 2430. The molecule has 0 spiro atoms. The zero-order chi connectivity index (χ0) is 53.4. The standard InChI is InChI=1S/C27H31F6N3O3.C25H34F3N3O3/c1-16(2)25(7-3-21(13-25)36(24(38)27(31,32)33)20-5-9-39-10-6-20)23(37)35-8-4-22-17(14-34)11-19(26(28,29)30)12-18(22)15-35;1-15(2)24(7-3-19(13-24)30-18-5-9-34-10-6-18)23(33)31-8-4-20-16(14-31)11-17(25(26,27)28)12-21(20)22(29)32/h11-12,16,20-21H,3-10,13,15H2,1-2H3;11-12,15,18-19,30H,3-10,13-14H2,1-2H3,(H2,29,32)/t21-,25+;19-,24+/m11/s1. The molecule has 73 heavy (non-hydrogen) atoms. The second-order valence-corrected chi connectivity index (χ2v) is 21.3. The largest absolute Gasteiger partial charge is 0.471 e. The molecule has 3 N–H and O–H groups in total. The lowest BCUT2D eigenvalue weighted by molar-refractivity contribution is -0.192. The van der Waals surface area contributed by atoms with Crippen LogP contribution < -0.4 is 11.1 Å². The van der Waals surface area contributed by atoms with E-state index in [0.717, 1.165) is 74.5 Å². The maximum atomic E-state index is 14.0. The first-order valence-corrected chi connectivity index (χ1v) is 25.3. The van der Waals surface area contributed by atoms with Gasteiger partial charge in [0.15, 0.2) is 0 Å². The maximum absolute atomic E-state index is 14.0. The third-order valence-corrected chi connectivity index (χ3v) is 16.6. The van der Waals surface area contributed by atoms with Gasteiger partial charge < -0.3 is 35.2 Å². The van der Waals surface area contributed by atoms with E-state index in [9.17, 15) is 64.0 Å². The van der Waals surface area contributed by atoms with E-state index in [1.54, 1.807) is 18.7 Å². The first-order chi connectivity index (χ1) is 34.2. The maximum Gasteiger partial charge on any atom is 0.471 e. The van der Waals surface area contributed by atoms with Crippen molar-refractivity contribution in [1.82, 2.24) is 20.0 Å². The lowest BCUT2D eigenvalue weighted by Gasteiger charge is -2.42. The molecule has 4 amide bonds. The fraction of sp³-hybridized carbons (Fsp3) is 0.673. The predicted molar refractivity (Wildman–Crippen MR) is 248 cm³/mol. The minimum Gasteiger partial charge on any atom is -0.381 e. The highest BCUT2D eigenvalue weighted by molar-refractivity contribution is 5.95. The van der Waals surface area contributed by atoms with Gasteiger partial charge in [-0.1, -0.05) is 27.7 Å². The highest BCUT2D eigenvalue weighted by Gasteiger charge is 2.56. The molecule has 0 unspecified atom stereocenters. The fourth-order valence-electron chi connectivity index (χ4n) is 12.4. The summed E-state index contributed by atoms with van der Waals surface area (Å²) in [4.78, 5) is 56.4. The second-order valence-electron chi connectivity index (χ2n) is 21.3. The zero-order valence-electron chi connectivity index (χ0n) is 41.6. The predicted octanol–water partition coefficient (Wildman–Crippen LogP) is 8.88. The summed E-state index contributed by atoms with van der Waals surface area (Å²) in [5.41, 5.74) is 3.31. The van der Waals surface area contributed by atoms with Crippen LogP contribution in [0.2, 0.25) is 0 Å². The molecule has 0 bridgehead atoms. The molecular weight excluding hydrogens is 976 g/mol. The van der Waals surface area contributed by atoms with Crippen molar-refractivity contribution in [3.63, 3.8) is 0 Å². The molecule has 6 aliphatic rings. The van der Waals surface area contributed by atoms with Gasteiger partial charge in [-0.05, 0) is 135 Å². The number of ether oxygens (including phenoxy) is 2. The van der Waals surface area contributed by atoms with E-state index in [0.29, 0.717) is 35.7 Å². The van der Waals surface area contributed by atoms with Crippen LogP contribution in [0.15, 0.2) is 24.3 Å². The molecule has 4 fully saturated rings. The van der Waals surface area contributed by atoms with Crippen molar-refractivity contribution in [2.45, 2.75) is 161 Å². The Morgan fingerprint density at radius 1 is 0.685 bits per heavy atom. The lowest BCUT2D eigenvalue weighted by atomic mass is 9.73. The number of nitrogens with one attached hydrogen (secondary N) is 1. The van der Waals surface area contributed by atoms with E-state index in [1.807, 2.05) is 6.07 Å². The molecule has 4 atom stereocenters. The van der Waals surface area contributed by atoms with Crippen molar-refractivity contribution in [3.8, 4) is 6.07 Å². The highest BCUT2D eigenvalue weighted by atomic mass is 19.4. The molecule has 0 aromatic heterocycles. The summed E-state index contributed by atoms with van der Waals surface area (Å²) in [5, 5.41) is 13.1. The first kappa shape index (κ1) is 55.8. The van der Waals surface area contributed by atoms with Crippen molar-refractivity contribution < 1.29 is 68.2 Å². The molecule has 2 aromatic carbocycles. The molecule has 2 aromatic rings. The topological polar surface area (TPSA) is 158 Å². The quantitative estimate of drug-likeness (QED) is 0.236. The van der Waals surface area contributed by atoms with Crippen molar-refractivity contribution in [3.05, 3.63) is 68.8 Å². The first-order valence-electron chi connectivity index (χ1n) is 25.3. The molecule has 8 rings (SSSR count). The average molecular weight is 1040 g/mol. The molecule has 0 radical (unpaired) electrons. The number of primary amides is 1. The van der Waals surface area contributed by atoms with Crippen LogP contribution in [-0.2, 0) is 62.1 Å². The molecular formula is C52H65F9N6O6. The number of rotatable bonds is 9. The normalized spacial score (nSPS) is 25.2. The summed E-state index contributed by atoms with van der Waals surface area (Å²) >= 11 is 0. The van der Waals surface area contributed by atoms with Gasteiger partial charge in [0, 0.05) is 82.3 Å². The van der Waals surface area contributed by atoms with E-state index >= 15 is 0 Å². The SMILES string of the molecule is CC(C)[C@]1(C(=O)N2CCc3c(C#N)cc(C(F)(F)F)cc3C2)CC[C@@H](N(C(=O)C(F)(F)F)C2CCOCC2)C1.CC(C)[C@]1(C(=O)N2CCc3c(cc(C(F)(F)F)cc3C(N)=O)C2)CC[C@@H](NC2CCOCC2)C1. The van der Waals surface area contributed by atoms with Crippen LogP contribution in [0.3, 0.4) is 0 Å². The van der Waals surface area contributed by atoms with Crippen LogP contribution in [0.4, 0.5) is 39.5 Å². The summed E-state index contributed by atoms with van der Waals surface area (Å²) in [5.74, 6) is -3.31. The van der Waals surface area contributed by atoms with Crippen LogP contribution in [0.1, 0.15) is 141 Å². The molecule has 2 aliphatic carbocycles. The zero-order valence-corrected chi connectivity index (χ0v) is 41.6. The van der Waals surface area contributed by atoms with Gasteiger partial charge in [-0.25, -0.2) is 0 Å². The molecule has 402 valence electrons. The number of carbonyl (C=O) groups is 4. The Balaban J connectivity index is 0.000000216. The van der Waals surface area contributed by atoms with Gasteiger partial charge in [0.1, 0.15) is 0 Å². The number of alkyl halides is 9. The summed E-state index contributed by atoms with van der Waals surface area (Å²) in [6, 6.07) is 4.68. The molecule has 2 saturated carbocycles. The van der Waals surface area contributed by atoms with E-state index in [1.165, 1.54) is 4.90 Å². The average Bonchev–Trinajstić information content (AvgIpc) is 3.99. The van der Waals surface area contributed by atoms with Crippen LogP contribution in [-0.4, -0.2) is 108 Å². The Hall–Kier alpha value is -4.94. The summed E-state index contributed by atoms with van der Waals surface area (Å²) in [6.07, 6.45) is -8.46. The smallest absolute Gasteiger partial charge is 0.381 e. The summed E-state index contributed by atoms with van der Waals surface area (Å²) in [6.45, 7) is 10.2. The van der Waals surface area contributed by atoms with Crippen LogP contribution in [0.25, 0.3) is 0 Å². The lowest BCUT2D eigenvalue weighted by Crippen LogP contribution is -2.54. The Morgan fingerprint density at radius 3 is 1.68 bits per heavy atom. The molecule has 12 nitrogen and oxygen atoms in total. The van der Waals surface area contributed by atoms with Gasteiger partial charge in [-0.3, -0.25) is 19.2 Å². The van der Waals surface area contributed by atoms with Crippen molar-refractivity contribution in [2.75, 3.05) is 39.5 Å². The third kappa shape index (κ3) is 11.8. The number of amides is 4. The van der Waals surface area contributed by atoms with Crippen molar-refractivity contribution >= 4 is 23.6 Å². The fourth-order valence-corrected chi connectivity index (χ4v) is 12.4. The number of nitrogens with two attached hydrogens (primary N) is 1. The van der Waals surface area contributed by atoms with E-state index < -0.39 is 64.4 Å². The summed E-state index contributed by atoms with van der Waals surface area (Å²) < 4.78 is 132. The highest BCUT2D eigenvalue weighted by Crippen LogP contribution is 2.50. The van der Waals surface area contributed by atoms with Gasteiger partial charge in [0.05, 0.1) is 33.6 Å². The van der Waals surface area contributed by atoms with Crippen LogP contribution >= 0.6 is 0 Å². The number of hydrogen-bond donors (Lipinski definition) is 2. The Kier molecular flexibility index (Phi) is 16.6. The molecule has 4 aliphatic heterocycles. The van der Waals surface area contributed by atoms with Crippen LogP contribution in [0.5, 0.6) is 0 Å². The van der Waals surface area contributed by atoms with Gasteiger partial charge >= 0.3 is 24.4 Å². The van der Waals surface area contributed by atoms with Gasteiger partial charge in [-0.15, -0.1) is 0 Å². The molecule has 21 heteroatoms. The molecule has 2 saturated heterocycles. The third-order valence-electron chi connectivity index (χ3n) is 16.6. The Morgan fingerprint density at radius 2 is 1.18 bits per heavy atom. The monoisotopic (exact) mass is 1040 g/mol. The molecule has 4 heterocycles. The Labute approximate surface area is 419 Å². The number of halogens is 9. The number of hydrogen-bond acceptors (Lipinski definition) is 8. The van der Waals surface area contributed by atoms with E-state index in [4.69, 9.17) is 15.2 Å². The number of nitrogens with zero attached hydrogens (tertiary/aromatic N) is 4. The van der Waals surface area contributed by atoms with Gasteiger partial charge in [0.2, 0.25) is 17.7 Å². The van der Waals surface area contributed by atoms with Crippen molar-refractivity contribution in [1.29, 1.82) is 5.26 Å². The number of nitriles is 1. The van der Waals surface area contributed by atoms with E-state index in [2.05, 4.69) is 19.2 Å². The van der Waals surface area contributed by atoms with Crippen molar-refractivity contribution in [2.24, 2.45) is 28.4 Å². The number of fused-ring (bicyclic) bond motifs is 2. The minimum absolute atomic E-state index is 0.00228. The summed E-state index contributed by atoms with van der Waals surface area (Å²) in [7, 11) is 0. The number of carbonyl (C=O) groups excluding carboxylic acids is 4. The minimum atomic E-state index is -5.06. The second kappa shape index (κ2) is 21.7. The van der Waals surface area contributed by atoms with E-state index in [-0.39, 0.29) is 118 Å². The van der Waals surface area contributed by atoms with Gasteiger partial charge in [0.25, 0.3) is 0 Å². The number of benzene rings is 2.